The minimum Gasteiger partial charge on any atom is -0.451 e. The maximum absolute atomic E-state index is 12.9. The maximum Gasteiger partial charge on any atom is 0.289 e. The highest BCUT2D eigenvalue weighted by atomic mass is 16.5. The number of amides is 1. The van der Waals surface area contributed by atoms with E-state index < -0.39 is 0 Å². The van der Waals surface area contributed by atoms with Crippen LogP contribution in [0.2, 0.25) is 0 Å². The van der Waals surface area contributed by atoms with Crippen LogP contribution < -0.4 is 0 Å². The first-order chi connectivity index (χ1) is 14.6. The number of rotatable bonds is 4. The number of aromatic nitrogens is 2. The van der Waals surface area contributed by atoms with Gasteiger partial charge in [0.1, 0.15) is 12.1 Å². The second-order valence-electron chi connectivity index (χ2n) is 7.35. The highest BCUT2D eigenvalue weighted by molar-refractivity contribution is 6.08. The Morgan fingerprint density at radius 2 is 1.80 bits per heavy atom. The van der Waals surface area contributed by atoms with Gasteiger partial charge in [0, 0.05) is 18.0 Å². The van der Waals surface area contributed by atoms with Crippen LogP contribution >= 0.6 is 0 Å². The zero-order valence-corrected chi connectivity index (χ0v) is 16.6. The van der Waals surface area contributed by atoms with E-state index in [0.29, 0.717) is 17.3 Å². The Morgan fingerprint density at radius 1 is 1.00 bits per heavy atom. The van der Waals surface area contributed by atoms with Crippen molar-refractivity contribution >= 4 is 27.6 Å². The molecule has 2 aromatic heterocycles. The number of nitrogens with zero attached hydrogens (tertiary/aromatic N) is 3. The molecule has 0 aliphatic rings. The third kappa shape index (κ3) is 3.22. The number of benzene rings is 3. The Labute approximate surface area is 172 Å². The van der Waals surface area contributed by atoms with E-state index in [2.05, 4.69) is 10.1 Å². The quantitative estimate of drug-likeness (QED) is 0.416. The molecule has 0 atom stereocenters. The zero-order chi connectivity index (χ0) is 20.7. The molecule has 5 rings (SSSR count). The van der Waals surface area contributed by atoms with Gasteiger partial charge in [-0.2, -0.15) is 4.98 Å². The molecule has 0 unspecified atom stereocenters. The highest BCUT2D eigenvalue weighted by Gasteiger charge is 2.20. The molecule has 6 nitrogen and oxygen atoms in total. The summed E-state index contributed by atoms with van der Waals surface area (Å²) in [5, 5.41) is 7.10. The lowest BCUT2D eigenvalue weighted by molar-refractivity contribution is 0.0740. The fraction of sp³-hybridized carbons (Fsp3) is 0.125. The van der Waals surface area contributed by atoms with Gasteiger partial charge >= 0.3 is 0 Å². The number of aryl methyl sites for hydroxylation is 1. The predicted octanol–water partition coefficient (Wildman–Crippen LogP) is 5.22. The van der Waals surface area contributed by atoms with E-state index in [1.54, 1.807) is 13.1 Å². The van der Waals surface area contributed by atoms with Crippen molar-refractivity contribution in [3.05, 3.63) is 83.9 Å². The van der Waals surface area contributed by atoms with Crippen molar-refractivity contribution in [2.24, 2.45) is 0 Å². The summed E-state index contributed by atoms with van der Waals surface area (Å²) in [6, 6.07) is 21.6. The minimum absolute atomic E-state index is 0.190. The molecule has 30 heavy (non-hydrogen) atoms. The number of carbonyl (C=O) groups excluding carboxylic acids is 1. The van der Waals surface area contributed by atoms with Crippen molar-refractivity contribution in [1.82, 2.24) is 15.0 Å². The predicted molar refractivity (Wildman–Crippen MR) is 114 cm³/mol. The van der Waals surface area contributed by atoms with Crippen LogP contribution in [0.1, 0.15) is 22.0 Å². The third-order valence-electron chi connectivity index (χ3n) is 5.13. The molecule has 0 saturated carbocycles. The van der Waals surface area contributed by atoms with Crippen molar-refractivity contribution in [3.8, 4) is 11.4 Å². The fourth-order valence-corrected chi connectivity index (χ4v) is 3.50. The van der Waals surface area contributed by atoms with Crippen molar-refractivity contribution in [2.75, 3.05) is 7.05 Å². The largest absolute Gasteiger partial charge is 0.451 e. The fourth-order valence-electron chi connectivity index (χ4n) is 3.50. The van der Waals surface area contributed by atoms with Gasteiger partial charge in [0.25, 0.3) is 5.91 Å². The summed E-state index contributed by atoms with van der Waals surface area (Å²) < 4.78 is 11.2. The van der Waals surface area contributed by atoms with Gasteiger partial charge in [-0.25, -0.2) is 0 Å². The van der Waals surface area contributed by atoms with Gasteiger partial charge in [0.15, 0.2) is 5.76 Å². The lowest BCUT2D eigenvalue weighted by Gasteiger charge is -2.12. The molecular weight excluding hydrogens is 378 g/mol. The van der Waals surface area contributed by atoms with Crippen LogP contribution in [-0.4, -0.2) is 28.0 Å². The van der Waals surface area contributed by atoms with Crippen LogP contribution in [0.3, 0.4) is 0 Å². The molecule has 0 aliphatic heterocycles. The molecule has 6 heteroatoms. The van der Waals surface area contributed by atoms with Gasteiger partial charge in [0.2, 0.25) is 11.7 Å². The summed E-state index contributed by atoms with van der Waals surface area (Å²) in [7, 11) is 1.68. The second kappa shape index (κ2) is 7.15. The Morgan fingerprint density at radius 3 is 2.63 bits per heavy atom. The van der Waals surface area contributed by atoms with Gasteiger partial charge in [-0.1, -0.05) is 65.3 Å². The monoisotopic (exact) mass is 397 g/mol. The molecule has 0 fully saturated rings. The Kier molecular flexibility index (Phi) is 4.32. The molecule has 0 N–H and O–H groups in total. The van der Waals surface area contributed by atoms with E-state index in [-0.39, 0.29) is 18.2 Å². The minimum atomic E-state index is -0.245. The summed E-state index contributed by atoms with van der Waals surface area (Å²) in [5.41, 5.74) is 2.71. The summed E-state index contributed by atoms with van der Waals surface area (Å²) in [4.78, 5) is 18.8. The van der Waals surface area contributed by atoms with E-state index >= 15 is 0 Å². The Bertz CT molecular complexity index is 1370. The van der Waals surface area contributed by atoms with Crippen LogP contribution in [-0.2, 0) is 6.54 Å². The summed E-state index contributed by atoms with van der Waals surface area (Å²) in [5.74, 6) is 0.900. The molecule has 2 heterocycles. The van der Waals surface area contributed by atoms with E-state index in [9.17, 15) is 4.79 Å². The lowest BCUT2D eigenvalue weighted by Crippen LogP contribution is -2.25. The lowest BCUT2D eigenvalue weighted by atomic mass is 10.1. The molecular formula is C24H19N3O3. The second-order valence-corrected chi connectivity index (χ2v) is 7.35. The van der Waals surface area contributed by atoms with Crippen LogP contribution in [0.4, 0.5) is 0 Å². The first-order valence-corrected chi connectivity index (χ1v) is 9.65. The Balaban J connectivity index is 1.38. The van der Waals surface area contributed by atoms with Crippen molar-refractivity contribution in [2.45, 2.75) is 13.5 Å². The zero-order valence-electron chi connectivity index (χ0n) is 16.6. The van der Waals surface area contributed by atoms with Gasteiger partial charge in [-0.05, 0) is 29.8 Å². The topological polar surface area (TPSA) is 72.4 Å². The molecule has 0 saturated heterocycles. The van der Waals surface area contributed by atoms with Crippen LogP contribution in [0.25, 0.3) is 33.1 Å². The molecule has 5 aromatic rings. The highest BCUT2D eigenvalue weighted by Crippen LogP contribution is 2.28. The molecule has 3 aromatic carbocycles. The molecule has 0 aliphatic carbocycles. The molecule has 0 radical (unpaired) electrons. The molecule has 0 bridgehead atoms. The van der Waals surface area contributed by atoms with Gasteiger partial charge in [0.05, 0.1) is 0 Å². The first-order valence-electron chi connectivity index (χ1n) is 9.65. The number of carbonyl (C=O) groups is 1. The third-order valence-corrected chi connectivity index (χ3v) is 5.13. The van der Waals surface area contributed by atoms with E-state index in [1.165, 1.54) is 4.90 Å². The van der Waals surface area contributed by atoms with E-state index in [1.807, 2.05) is 67.6 Å². The van der Waals surface area contributed by atoms with Crippen molar-refractivity contribution in [1.29, 1.82) is 0 Å². The summed E-state index contributed by atoms with van der Waals surface area (Å²) >= 11 is 0. The molecule has 148 valence electrons. The average molecular weight is 397 g/mol. The van der Waals surface area contributed by atoms with Gasteiger partial charge in [-0.15, -0.1) is 0 Å². The summed E-state index contributed by atoms with van der Waals surface area (Å²) in [6.07, 6.45) is 0. The Hall–Kier alpha value is -3.93. The van der Waals surface area contributed by atoms with Crippen LogP contribution in [0.15, 0.2) is 75.7 Å². The summed E-state index contributed by atoms with van der Waals surface area (Å²) in [6.45, 7) is 2.21. The van der Waals surface area contributed by atoms with Gasteiger partial charge < -0.3 is 13.8 Å². The number of fused-ring (bicyclic) bond motifs is 3. The average Bonchev–Trinajstić information content (AvgIpc) is 3.41. The maximum atomic E-state index is 12.9. The van der Waals surface area contributed by atoms with Crippen LogP contribution in [0.5, 0.6) is 0 Å². The van der Waals surface area contributed by atoms with Crippen molar-refractivity contribution < 1.29 is 13.7 Å². The molecule has 0 spiro atoms. The first kappa shape index (κ1) is 18.1. The van der Waals surface area contributed by atoms with E-state index in [4.69, 9.17) is 8.94 Å². The van der Waals surface area contributed by atoms with E-state index in [0.717, 1.165) is 27.3 Å². The van der Waals surface area contributed by atoms with Crippen LogP contribution in [0, 0.1) is 6.92 Å². The standard InChI is InChI=1S/C24H19N3O3/c1-15-7-9-17(10-8-15)23-25-22(30-26-23)14-27(2)24(28)21-13-19-18-6-4-3-5-16(18)11-12-20(19)29-21/h3-13H,14H2,1-2H3. The number of hydrogen-bond acceptors (Lipinski definition) is 5. The normalized spacial score (nSPS) is 11.3. The van der Waals surface area contributed by atoms with Crippen molar-refractivity contribution in [3.63, 3.8) is 0 Å². The van der Waals surface area contributed by atoms with Gasteiger partial charge in [-0.3, -0.25) is 4.79 Å². The SMILES string of the molecule is Cc1ccc(-c2noc(CN(C)C(=O)c3cc4c(ccc5ccccc54)o3)n2)cc1. The number of hydrogen-bond donors (Lipinski definition) is 0. The number of furan rings is 1. The molecule has 1 amide bonds. The smallest absolute Gasteiger partial charge is 0.289 e.